The number of pyridine rings is 2. The molecule has 1 unspecified atom stereocenters. The number of halogens is 2. The molecule has 4 heterocycles. The van der Waals surface area contributed by atoms with Crippen LogP contribution in [0.5, 0.6) is 34.6 Å². The summed E-state index contributed by atoms with van der Waals surface area (Å²) in [6.07, 6.45) is 1.71. The van der Waals surface area contributed by atoms with E-state index in [1.54, 1.807) is 61.8 Å². The van der Waals surface area contributed by atoms with Crippen molar-refractivity contribution in [1.29, 1.82) is 0 Å². The van der Waals surface area contributed by atoms with Gasteiger partial charge in [0.2, 0.25) is 11.8 Å². The molecule has 0 aliphatic carbocycles. The third-order valence-corrected chi connectivity index (χ3v) is 11.8. The number of methoxy groups -OCH3 is 1. The van der Waals surface area contributed by atoms with E-state index in [4.69, 9.17) is 46.9 Å². The quantitative estimate of drug-likeness (QED) is 0.108. The molecule has 6 aromatic rings. The molecule has 0 bridgehead atoms. The average molecular weight is 876 g/mol. The van der Waals surface area contributed by atoms with Gasteiger partial charge >= 0.3 is 5.97 Å². The summed E-state index contributed by atoms with van der Waals surface area (Å²) in [5, 5.41) is 14.1. The van der Waals surface area contributed by atoms with Crippen LogP contribution in [-0.2, 0) is 42.1 Å². The maximum Gasteiger partial charge on any atom is 0.326 e. The van der Waals surface area contributed by atoms with Crippen LogP contribution in [0, 0.1) is 13.8 Å². The number of hydrogen-bond acceptors (Lipinski definition) is 10. The van der Waals surface area contributed by atoms with Gasteiger partial charge in [-0.05, 0) is 109 Å². The molecule has 1 amide bonds. The van der Waals surface area contributed by atoms with Gasteiger partial charge in [0.1, 0.15) is 36.5 Å². The second kappa shape index (κ2) is 18.7. The van der Waals surface area contributed by atoms with Crippen molar-refractivity contribution in [1.82, 2.24) is 20.2 Å². The molecule has 0 fully saturated rings. The molecule has 2 aliphatic rings. The summed E-state index contributed by atoms with van der Waals surface area (Å²) < 4.78 is 30.2. The summed E-state index contributed by atoms with van der Waals surface area (Å²) >= 11 is 12.2. The Balaban J connectivity index is 0.965. The van der Waals surface area contributed by atoms with Gasteiger partial charge in [-0.2, -0.15) is 0 Å². The fourth-order valence-corrected chi connectivity index (χ4v) is 7.81. The van der Waals surface area contributed by atoms with Crippen LogP contribution in [0.4, 0.5) is 0 Å². The Labute approximate surface area is 369 Å². The van der Waals surface area contributed by atoms with Crippen LogP contribution in [0.15, 0.2) is 109 Å². The van der Waals surface area contributed by atoms with E-state index >= 15 is 0 Å². The van der Waals surface area contributed by atoms with E-state index in [2.05, 4.69) is 15.3 Å². The number of aliphatic carboxylic acids is 1. The van der Waals surface area contributed by atoms with Crippen molar-refractivity contribution in [2.45, 2.75) is 64.6 Å². The molecule has 3 atom stereocenters. The number of ether oxygens (including phenoxy) is 5. The Hall–Kier alpha value is -6.34. The second-order valence-corrected chi connectivity index (χ2v) is 16.1. The zero-order valence-corrected chi connectivity index (χ0v) is 35.8. The molecule has 0 saturated heterocycles. The van der Waals surface area contributed by atoms with Gasteiger partial charge in [0, 0.05) is 43.0 Å². The van der Waals surface area contributed by atoms with Crippen molar-refractivity contribution >= 4 is 35.1 Å². The fourth-order valence-electron chi connectivity index (χ4n) is 7.49. The molecule has 62 heavy (non-hydrogen) atoms. The number of amides is 1. The zero-order valence-electron chi connectivity index (χ0n) is 34.3. The second-order valence-electron chi connectivity index (χ2n) is 15.3. The minimum absolute atomic E-state index is 0.0732. The highest BCUT2D eigenvalue weighted by molar-refractivity contribution is 6.42. The Morgan fingerprint density at radius 3 is 2.42 bits per heavy atom. The van der Waals surface area contributed by atoms with Crippen LogP contribution in [0.25, 0.3) is 0 Å². The molecule has 14 heteroatoms. The lowest BCUT2D eigenvalue weighted by molar-refractivity contribution is -0.142. The molecule has 2 N–H and O–H groups in total. The molecule has 2 aliphatic heterocycles. The average Bonchev–Trinajstić information content (AvgIpc) is 3.27. The van der Waals surface area contributed by atoms with E-state index in [0.29, 0.717) is 76.5 Å². The fraction of sp³-hybridized carbons (Fsp3) is 0.250. The maximum atomic E-state index is 14.2. The van der Waals surface area contributed by atoms with Crippen molar-refractivity contribution in [3.05, 3.63) is 164 Å². The van der Waals surface area contributed by atoms with Gasteiger partial charge in [0.15, 0.2) is 17.6 Å². The minimum atomic E-state index is -1.18. The van der Waals surface area contributed by atoms with Crippen LogP contribution >= 0.6 is 23.2 Å². The maximum absolute atomic E-state index is 14.2. The predicted molar refractivity (Wildman–Crippen MR) is 234 cm³/mol. The van der Waals surface area contributed by atoms with Crippen LogP contribution in [0.1, 0.15) is 50.9 Å². The Kier molecular flexibility index (Phi) is 12.8. The van der Waals surface area contributed by atoms with Crippen molar-refractivity contribution in [3.63, 3.8) is 0 Å². The van der Waals surface area contributed by atoms with Gasteiger partial charge in [-0.15, -0.1) is 0 Å². The Morgan fingerprint density at radius 1 is 0.903 bits per heavy atom. The standard InChI is InChI=1S/C48H44Cl2N4O8/c1-28-29(2)51-18-17-42(28)61-37-12-7-30(8-13-37)20-40(48(56)57)53-47(55)41-21-33-22-43-44(23-34(33)24-54(41)25-35-5-4-6-46(52-35)58-3)62-45(27-60-43)32-10-14-36(15-11-32)59-26-31-9-16-38(49)39(50)19-31/h4-19,22-23,40-41,45H,20-21,24-27H2,1-3H3,(H,53,55)(H,56,57)/t40?,41-,45+/m0/s1. The first kappa shape index (κ1) is 42.4. The molecular weight excluding hydrogens is 831 g/mol. The summed E-state index contributed by atoms with van der Waals surface area (Å²) in [6.45, 7) is 5.15. The number of carboxylic acid groups (broad SMARTS) is 1. The van der Waals surface area contributed by atoms with Crippen LogP contribution in [-0.4, -0.2) is 57.7 Å². The van der Waals surface area contributed by atoms with E-state index in [1.165, 1.54) is 0 Å². The lowest BCUT2D eigenvalue weighted by Crippen LogP contribution is -2.54. The lowest BCUT2D eigenvalue weighted by Gasteiger charge is -2.37. The molecule has 2 aromatic heterocycles. The molecule has 0 spiro atoms. The third-order valence-electron chi connectivity index (χ3n) is 11.1. The molecule has 12 nitrogen and oxygen atoms in total. The molecule has 0 radical (unpaired) electrons. The van der Waals surface area contributed by atoms with Gasteiger partial charge in [-0.25, -0.2) is 9.78 Å². The van der Waals surface area contributed by atoms with E-state index in [1.807, 2.05) is 73.3 Å². The van der Waals surface area contributed by atoms with Gasteiger partial charge in [0.05, 0.1) is 28.9 Å². The third kappa shape index (κ3) is 9.89. The SMILES string of the molecule is COc1cccc(CN2Cc3cc4c(cc3C[C@H]2C(=O)NC(Cc2ccc(Oc3ccnc(C)c3C)cc2)C(=O)O)OC[C@H](c2ccc(OCc3ccc(Cl)c(Cl)c3)cc2)O4)n1. The smallest absolute Gasteiger partial charge is 0.326 e. The molecule has 8 rings (SSSR count). The molecule has 4 aromatic carbocycles. The van der Waals surface area contributed by atoms with Crippen molar-refractivity contribution in [2.75, 3.05) is 13.7 Å². The minimum Gasteiger partial charge on any atom is -0.489 e. The van der Waals surface area contributed by atoms with Crippen LogP contribution in [0.3, 0.4) is 0 Å². The van der Waals surface area contributed by atoms with Gasteiger partial charge in [-0.3, -0.25) is 14.7 Å². The summed E-state index contributed by atoms with van der Waals surface area (Å²) in [4.78, 5) is 37.8. The number of nitrogens with one attached hydrogen (secondary N) is 1. The number of rotatable bonds is 14. The largest absolute Gasteiger partial charge is 0.489 e. The van der Waals surface area contributed by atoms with Crippen molar-refractivity contribution in [3.8, 4) is 34.6 Å². The molecular formula is C48H44Cl2N4O8. The number of hydrogen-bond donors (Lipinski definition) is 2. The van der Waals surface area contributed by atoms with E-state index in [9.17, 15) is 14.7 Å². The van der Waals surface area contributed by atoms with Crippen LogP contribution in [0.2, 0.25) is 10.0 Å². The van der Waals surface area contributed by atoms with E-state index in [0.717, 1.165) is 39.1 Å². The van der Waals surface area contributed by atoms with E-state index < -0.39 is 24.0 Å². The van der Waals surface area contributed by atoms with E-state index in [-0.39, 0.29) is 19.1 Å². The van der Waals surface area contributed by atoms with Gasteiger partial charge < -0.3 is 34.1 Å². The van der Waals surface area contributed by atoms with Gasteiger partial charge in [0.25, 0.3) is 0 Å². The zero-order chi connectivity index (χ0) is 43.3. The Bertz CT molecular complexity index is 2590. The first-order valence-electron chi connectivity index (χ1n) is 20.1. The number of aryl methyl sites for hydroxylation is 1. The number of nitrogens with zero attached hydrogens (tertiary/aromatic N) is 3. The Morgan fingerprint density at radius 2 is 1.66 bits per heavy atom. The first-order chi connectivity index (χ1) is 30.0. The summed E-state index contributed by atoms with van der Waals surface area (Å²) in [7, 11) is 1.55. The molecule has 0 saturated carbocycles. The number of carbonyl (C=O) groups excluding carboxylic acids is 1. The highest BCUT2D eigenvalue weighted by Gasteiger charge is 2.36. The summed E-state index contributed by atoms with van der Waals surface area (Å²) in [5.74, 6) is 2.06. The van der Waals surface area contributed by atoms with Gasteiger partial charge in [-0.1, -0.05) is 59.6 Å². The lowest BCUT2D eigenvalue weighted by atomic mass is 9.92. The highest BCUT2D eigenvalue weighted by atomic mass is 35.5. The monoisotopic (exact) mass is 874 g/mol. The highest BCUT2D eigenvalue weighted by Crippen LogP contribution is 2.41. The van der Waals surface area contributed by atoms with Crippen LogP contribution < -0.4 is 29.0 Å². The number of carboxylic acids is 1. The normalized spacial score (nSPS) is 16.1. The molecule has 318 valence electrons. The summed E-state index contributed by atoms with van der Waals surface area (Å²) in [6, 6.07) is 29.5. The number of benzene rings is 4. The number of carbonyl (C=O) groups is 2. The summed E-state index contributed by atoms with van der Waals surface area (Å²) in [5.41, 5.74) is 6.92. The first-order valence-corrected chi connectivity index (χ1v) is 20.8. The topological polar surface area (TPSA) is 142 Å². The van der Waals surface area contributed by atoms with Crippen molar-refractivity contribution < 1.29 is 38.4 Å². The number of fused-ring (bicyclic) bond motifs is 2. The van der Waals surface area contributed by atoms with Crippen molar-refractivity contribution in [2.24, 2.45) is 0 Å². The number of aromatic nitrogens is 2. The predicted octanol–water partition coefficient (Wildman–Crippen LogP) is 9.03.